The molecule has 1 heterocycles. The second-order valence-corrected chi connectivity index (χ2v) is 6.19. The zero-order chi connectivity index (χ0) is 12.3. The second-order valence-electron chi connectivity index (χ2n) is 3.73. The standard InChI is InChI=1S/C14H14OS2/c1-3-16-13-6-4-11(5-7-13)14(15)12-8-10(2)17-9-12/h4-9H,3H2,1-2H3. The van der Waals surface area contributed by atoms with E-state index in [-0.39, 0.29) is 5.78 Å². The van der Waals surface area contributed by atoms with Gasteiger partial charge in [0.05, 0.1) is 0 Å². The van der Waals surface area contributed by atoms with Crippen molar-refractivity contribution >= 4 is 28.9 Å². The zero-order valence-corrected chi connectivity index (χ0v) is 11.5. The molecule has 1 nitrogen and oxygen atoms in total. The first-order chi connectivity index (χ1) is 8.20. The Morgan fingerprint density at radius 2 is 1.94 bits per heavy atom. The smallest absolute Gasteiger partial charge is 0.193 e. The Kier molecular flexibility index (Phi) is 4.02. The van der Waals surface area contributed by atoms with Gasteiger partial charge in [-0.1, -0.05) is 6.92 Å². The fourth-order valence-electron chi connectivity index (χ4n) is 1.60. The third-order valence-electron chi connectivity index (χ3n) is 2.42. The van der Waals surface area contributed by atoms with Gasteiger partial charge >= 0.3 is 0 Å². The van der Waals surface area contributed by atoms with Crippen LogP contribution >= 0.6 is 23.1 Å². The van der Waals surface area contributed by atoms with Crippen LogP contribution in [0.15, 0.2) is 40.6 Å². The molecule has 2 aromatic rings. The lowest BCUT2D eigenvalue weighted by Crippen LogP contribution is -1.98. The van der Waals surface area contributed by atoms with Crippen LogP contribution in [0.1, 0.15) is 27.7 Å². The normalized spacial score (nSPS) is 10.5. The lowest BCUT2D eigenvalue weighted by Gasteiger charge is -2.01. The van der Waals surface area contributed by atoms with Crippen molar-refractivity contribution in [2.75, 3.05) is 5.75 Å². The van der Waals surface area contributed by atoms with E-state index in [9.17, 15) is 4.79 Å². The van der Waals surface area contributed by atoms with Gasteiger partial charge in [0.25, 0.3) is 0 Å². The second kappa shape index (κ2) is 5.52. The third-order valence-corrected chi connectivity index (χ3v) is 4.18. The van der Waals surface area contributed by atoms with Crippen LogP contribution in [-0.2, 0) is 0 Å². The van der Waals surface area contributed by atoms with E-state index >= 15 is 0 Å². The van der Waals surface area contributed by atoms with E-state index < -0.39 is 0 Å². The molecule has 0 saturated heterocycles. The van der Waals surface area contributed by atoms with E-state index in [1.807, 2.05) is 42.6 Å². The van der Waals surface area contributed by atoms with Gasteiger partial charge in [-0.05, 0) is 43.0 Å². The first-order valence-corrected chi connectivity index (χ1v) is 7.40. The zero-order valence-electron chi connectivity index (χ0n) is 9.90. The average Bonchev–Trinajstić information content (AvgIpc) is 2.76. The Morgan fingerprint density at radius 3 is 2.47 bits per heavy atom. The predicted molar refractivity (Wildman–Crippen MR) is 75.3 cm³/mol. The molecule has 0 aliphatic carbocycles. The van der Waals surface area contributed by atoms with Gasteiger partial charge in [0, 0.05) is 26.3 Å². The van der Waals surface area contributed by atoms with E-state index in [0.717, 1.165) is 16.9 Å². The summed E-state index contributed by atoms with van der Waals surface area (Å²) < 4.78 is 0. The first kappa shape index (κ1) is 12.4. The molecular formula is C14H14OS2. The highest BCUT2D eigenvalue weighted by atomic mass is 32.2. The van der Waals surface area contributed by atoms with E-state index in [1.54, 1.807) is 23.1 Å². The maximum atomic E-state index is 12.1. The van der Waals surface area contributed by atoms with Crippen molar-refractivity contribution < 1.29 is 4.79 Å². The Labute approximate surface area is 110 Å². The summed E-state index contributed by atoms with van der Waals surface area (Å²) in [7, 11) is 0. The highest BCUT2D eigenvalue weighted by Crippen LogP contribution is 2.21. The third kappa shape index (κ3) is 2.99. The summed E-state index contributed by atoms with van der Waals surface area (Å²) in [5, 5.41) is 1.92. The van der Waals surface area contributed by atoms with Crippen LogP contribution in [0.2, 0.25) is 0 Å². The SMILES string of the molecule is CCSc1ccc(C(=O)c2csc(C)c2)cc1. The van der Waals surface area contributed by atoms with Gasteiger partial charge in [-0.15, -0.1) is 23.1 Å². The maximum Gasteiger partial charge on any atom is 0.193 e. The summed E-state index contributed by atoms with van der Waals surface area (Å²) >= 11 is 3.40. The van der Waals surface area contributed by atoms with E-state index in [0.29, 0.717) is 0 Å². The molecule has 0 aliphatic rings. The molecule has 0 aliphatic heterocycles. The number of ketones is 1. The number of hydrogen-bond donors (Lipinski definition) is 0. The molecule has 0 spiro atoms. The molecule has 0 radical (unpaired) electrons. The minimum atomic E-state index is 0.113. The van der Waals surface area contributed by atoms with Crippen LogP contribution < -0.4 is 0 Å². The summed E-state index contributed by atoms with van der Waals surface area (Å²) in [6.45, 7) is 4.14. The molecule has 1 aromatic heterocycles. The Balaban J connectivity index is 2.20. The molecule has 0 saturated carbocycles. The Hall–Kier alpha value is -1.06. The lowest BCUT2D eigenvalue weighted by atomic mass is 10.1. The molecule has 17 heavy (non-hydrogen) atoms. The van der Waals surface area contributed by atoms with Gasteiger partial charge in [-0.25, -0.2) is 0 Å². The minimum Gasteiger partial charge on any atom is -0.289 e. The van der Waals surface area contributed by atoms with E-state index in [2.05, 4.69) is 6.92 Å². The number of rotatable bonds is 4. The monoisotopic (exact) mass is 262 g/mol. The molecule has 0 bridgehead atoms. The summed E-state index contributed by atoms with van der Waals surface area (Å²) in [5.74, 6) is 1.17. The van der Waals surface area contributed by atoms with Crippen molar-refractivity contribution in [3.63, 3.8) is 0 Å². The molecular weight excluding hydrogens is 248 g/mol. The first-order valence-electron chi connectivity index (χ1n) is 5.53. The number of benzene rings is 1. The average molecular weight is 262 g/mol. The maximum absolute atomic E-state index is 12.1. The van der Waals surface area contributed by atoms with Crippen LogP contribution in [-0.4, -0.2) is 11.5 Å². The number of carbonyl (C=O) groups is 1. The molecule has 0 N–H and O–H groups in total. The highest BCUT2D eigenvalue weighted by Gasteiger charge is 2.10. The van der Waals surface area contributed by atoms with Crippen molar-refractivity contribution in [2.24, 2.45) is 0 Å². The Morgan fingerprint density at radius 1 is 1.24 bits per heavy atom. The van der Waals surface area contributed by atoms with E-state index in [1.165, 1.54) is 9.77 Å². The lowest BCUT2D eigenvalue weighted by molar-refractivity contribution is 0.103. The van der Waals surface area contributed by atoms with Gasteiger partial charge in [0.15, 0.2) is 5.78 Å². The number of hydrogen-bond acceptors (Lipinski definition) is 3. The molecule has 1 aromatic carbocycles. The fraction of sp³-hybridized carbons (Fsp3) is 0.214. The molecule has 0 fully saturated rings. The summed E-state index contributed by atoms with van der Waals surface area (Å²) in [6, 6.07) is 9.80. The van der Waals surface area contributed by atoms with Gasteiger partial charge in [0.1, 0.15) is 0 Å². The molecule has 88 valence electrons. The van der Waals surface area contributed by atoms with Crippen molar-refractivity contribution in [1.29, 1.82) is 0 Å². The molecule has 3 heteroatoms. The highest BCUT2D eigenvalue weighted by molar-refractivity contribution is 7.99. The molecule has 0 unspecified atom stereocenters. The summed E-state index contributed by atoms with van der Waals surface area (Å²) in [6.07, 6.45) is 0. The molecule has 0 atom stereocenters. The van der Waals surface area contributed by atoms with Gasteiger partial charge in [0.2, 0.25) is 0 Å². The van der Waals surface area contributed by atoms with Gasteiger partial charge in [-0.2, -0.15) is 0 Å². The van der Waals surface area contributed by atoms with Crippen molar-refractivity contribution in [3.05, 3.63) is 51.7 Å². The van der Waals surface area contributed by atoms with Crippen molar-refractivity contribution in [3.8, 4) is 0 Å². The number of thioether (sulfide) groups is 1. The largest absolute Gasteiger partial charge is 0.289 e. The number of aryl methyl sites for hydroxylation is 1. The molecule has 2 rings (SSSR count). The van der Waals surface area contributed by atoms with Crippen LogP contribution in [0.25, 0.3) is 0 Å². The van der Waals surface area contributed by atoms with Gasteiger partial charge in [-0.3, -0.25) is 4.79 Å². The number of thiophene rings is 1. The van der Waals surface area contributed by atoms with Crippen molar-refractivity contribution in [2.45, 2.75) is 18.7 Å². The quantitative estimate of drug-likeness (QED) is 0.600. The Bertz CT molecular complexity index is 511. The predicted octanol–water partition coefficient (Wildman–Crippen LogP) is 4.40. The minimum absolute atomic E-state index is 0.113. The summed E-state index contributed by atoms with van der Waals surface area (Å²) in [4.78, 5) is 14.5. The van der Waals surface area contributed by atoms with Crippen LogP contribution in [0, 0.1) is 6.92 Å². The van der Waals surface area contributed by atoms with E-state index in [4.69, 9.17) is 0 Å². The number of carbonyl (C=O) groups excluding carboxylic acids is 1. The van der Waals surface area contributed by atoms with Gasteiger partial charge < -0.3 is 0 Å². The van der Waals surface area contributed by atoms with Crippen molar-refractivity contribution in [1.82, 2.24) is 0 Å². The molecule has 0 amide bonds. The van der Waals surface area contributed by atoms with Crippen LogP contribution in [0.3, 0.4) is 0 Å². The topological polar surface area (TPSA) is 17.1 Å². The van der Waals surface area contributed by atoms with Crippen LogP contribution in [0.4, 0.5) is 0 Å². The summed E-state index contributed by atoms with van der Waals surface area (Å²) in [5.41, 5.74) is 1.56. The van der Waals surface area contributed by atoms with Crippen LogP contribution in [0.5, 0.6) is 0 Å². The fourth-order valence-corrected chi connectivity index (χ4v) is 2.94.